The van der Waals surface area contributed by atoms with Crippen LogP contribution in [-0.4, -0.2) is 21.3 Å². The number of aryl methyl sites for hydroxylation is 1. The highest BCUT2D eigenvalue weighted by Gasteiger charge is 1.97. The molecular formula is C7H10BrN3O. The van der Waals surface area contributed by atoms with Crippen LogP contribution < -0.4 is 0 Å². The third-order valence-electron chi connectivity index (χ3n) is 1.51. The first-order chi connectivity index (χ1) is 5.84. The Morgan fingerprint density at radius 2 is 2.42 bits per heavy atom. The standard InChI is InChI=1S/C7H10BrN3O/c8-7-6-9-10-11(7)4-2-1-3-5-12/h5-6H,1-4H2. The van der Waals surface area contributed by atoms with Crippen LogP contribution in [-0.2, 0) is 11.3 Å². The zero-order chi connectivity index (χ0) is 8.81. The van der Waals surface area contributed by atoms with E-state index in [0.717, 1.165) is 30.3 Å². The van der Waals surface area contributed by atoms with Crippen molar-refractivity contribution in [1.29, 1.82) is 0 Å². The van der Waals surface area contributed by atoms with Crippen molar-refractivity contribution in [3.05, 3.63) is 10.8 Å². The molecule has 0 N–H and O–H groups in total. The van der Waals surface area contributed by atoms with Crippen LogP contribution in [0.25, 0.3) is 0 Å². The molecule has 0 amide bonds. The molecule has 5 heteroatoms. The molecule has 0 saturated carbocycles. The maximum Gasteiger partial charge on any atom is 0.124 e. The highest BCUT2D eigenvalue weighted by atomic mass is 79.9. The van der Waals surface area contributed by atoms with Crippen LogP contribution in [0.3, 0.4) is 0 Å². The quantitative estimate of drug-likeness (QED) is 0.569. The van der Waals surface area contributed by atoms with E-state index in [1.807, 2.05) is 0 Å². The SMILES string of the molecule is O=CCCCCn1nncc1Br. The van der Waals surface area contributed by atoms with Gasteiger partial charge in [0, 0.05) is 13.0 Å². The molecule has 0 fully saturated rings. The minimum Gasteiger partial charge on any atom is -0.303 e. The smallest absolute Gasteiger partial charge is 0.124 e. The van der Waals surface area contributed by atoms with Gasteiger partial charge in [-0.15, -0.1) is 5.10 Å². The van der Waals surface area contributed by atoms with E-state index in [1.165, 1.54) is 0 Å². The molecule has 0 saturated heterocycles. The van der Waals surface area contributed by atoms with Crippen LogP contribution in [0.2, 0.25) is 0 Å². The summed E-state index contributed by atoms with van der Waals surface area (Å²) >= 11 is 3.30. The summed E-state index contributed by atoms with van der Waals surface area (Å²) in [5, 5.41) is 7.56. The van der Waals surface area contributed by atoms with Crippen LogP contribution in [0, 0.1) is 0 Å². The summed E-state index contributed by atoms with van der Waals surface area (Å²) in [7, 11) is 0. The molecule has 0 unspecified atom stereocenters. The van der Waals surface area contributed by atoms with E-state index < -0.39 is 0 Å². The van der Waals surface area contributed by atoms with Gasteiger partial charge >= 0.3 is 0 Å². The molecule has 0 aliphatic carbocycles. The van der Waals surface area contributed by atoms with Crippen molar-refractivity contribution < 1.29 is 4.79 Å². The molecule has 0 radical (unpaired) electrons. The van der Waals surface area contributed by atoms with Gasteiger partial charge in [-0.2, -0.15) is 0 Å². The number of aromatic nitrogens is 3. The predicted molar refractivity (Wildman–Crippen MR) is 47.6 cm³/mol. The summed E-state index contributed by atoms with van der Waals surface area (Å²) in [6, 6.07) is 0. The lowest BCUT2D eigenvalue weighted by atomic mass is 10.2. The minimum atomic E-state index is 0.631. The molecule has 0 bridgehead atoms. The number of unbranched alkanes of at least 4 members (excludes halogenated alkanes) is 2. The second kappa shape index (κ2) is 5.03. The monoisotopic (exact) mass is 231 g/mol. The molecule has 0 aliphatic heterocycles. The fourth-order valence-corrected chi connectivity index (χ4v) is 1.23. The highest BCUT2D eigenvalue weighted by Crippen LogP contribution is 2.07. The fraction of sp³-hybridized carbons (Fsp3) is 0.571. The Morgan fingerprint density at radius 1 is 1.58 bits per heavy atom. The number of rotatable bonds is 5. The van der Waals surface area contributed by atoms with Crippen LogP contribution >= 0.6 is 15.9 Å². The second-order valence-corrected chi connectivity index (χ2v) is 3.25. The molecule has 0 aliphatic rings. The Kier molecular flexibility index (Phi) is 3.93. The summed E-state index contributed by atoms with van der Waals surface area (Å²) in [5.41, 5.74) is 0. The molecule has 1 aromatic rings. The van der Waals surface area contributed by atoms with Gasteiger partial charge in [-0.25, -0.2) is 4.68 Å². The van der Waals surface area contributed by atoms with E-state index in [-0.39, 0.29) is 0 Å². The Hall–Kier alpha value is -0.710. The largest absolute Gasteiger partial charge is 0.303 e. The van der Waals surface area contributed by atoms with E-state index in [0.29, 0.717) is 6.42 Å². The average Bonchev–Trinajstić information content (AvgIpc) is 2.46. The fourth-order valence-electron chi connectivity index (χ4n) is 0.886. The van der Waals surface area contributed by atoms with E-state index in [4.69, 9.17) is 0 Å². The third-order valence-corrected chi connectivity index (χ3v) is 2.13. The van der Waals surface area contributed by atoms with Crippen LogP contribution in [0.15, 0.2) is 10.8 Å². The topological polar surface area (TPSA) is 47.8 Å². The van der Waals surface area contributed by atoms with Gasteiger partial charge in [0.2, 0.25) is 0 Å². The lowest BCUT2D eigenvalue weighted by molar-refractivity contribution is -0.107. The normalized spacial score (nSPS) is 10.1. The number of hydrogen-bond donors (Lipinski definition) is 0. The number of carbonyl (C=O) groups excluding carboxylic acids is 1. The van der Waals surface area contributed by atoms with Crippen LogP contribution in [0.5, 0.6) is 0 Å². The third kappa shape index (κ3) is 2.73. The van der Waals surface area contributed by atoms with Crippen molar-refractivity contribution in [1.82, 2.24) is 15.0 Å². The van der Waals surface area contributed by atoms with Gasteiger partial charge in [-0.05, 0) is 28.8 Å². The summed E-state index contributed by atoms with van der Waals surface area (Å²) in [4.78, 5) is 9.99. The Labute approximate surface area is 79.1 Å². The molecule has 1 rings (SSSR count). The molecule has 0 atom stereocenters. The van der Waals surface area contributed by atoms with E-state index in [2.05, 4.69) is 26.2 Å². The summed E-state index contributed by atoms with van der Waals surface area (Å²) < 4.78 is 2.65. The first-order valence-electron chi connectivity index (χ1n) is 3.82. The molecule has 66 valence electrons. The Morgan fingerprint density at radius 3 is 3.00 bits per heavy atom. The molecule has 0 spiro atoms. The minimum absolute atomic E-state index is 0.631. The van der Waals surface area contributed by atoms with Crippen molar-refractivity contribution in [3.8, 4) is 0 Å². The van der Waals surface area contributed by atoms with Crippen molar-refractivity contribution in [2.75, 3.05) is 0 Å². The lowest BCUT2D eigenvalue weighted by Crippen LogP contribution is -2.00. The maximum absolute atomic E-state index is 9.99. The van der Waals surface area contributed by atoms with Gasteiger partial charge in [0.1, 0.15) is 10.9 Å². The van der Waals surface area contributed by atoms with Crippen molar-refractivity contribution >= 4 is 22.2 Å². The van der Waals surface area contributed by atoms with Gasteiger partial charge in [-0.3, -0.25) is 0 Å². The highest BCUT2D eigenvalue weighted by molar-refractivity contribution is 9.10. The summed E-state index contributed by atoms with van der Waals surface area (Å²) in [5.74, 6) is 0. The number of aldehydes is 1. The van der Waals surface area contributed by atoms with E-state index >= 15 is 0 Å². The van der Waals surface area contributed by atoms with Gasteiger partial charge in [-0.1, -0.05) is 5.21 Å². The molecule has 1 aromatic heterocycles. The van der Waals surface area contributed by atoms with E-state index in [9.17, 15) is 4.79 Å². The van der Waals surface area contributed by atoms with E-state index in [1.54, 1.807) is 10.9 Å². The molecule has 1 heterocycles. The maximum atomic E-state index is 9.99. The Balaban J connectivity index is 2.24. The van der Waals surface area contributed by atoms with Crippen LogP contribution in [0.1, 0.15) is 19.3 Å². The molecule has 0 aromatic carbocycles. The number of halogens is 1. The van der Waals surface area contributed by atoms with Crippen molar-refractivity contribution in [3.63, 3.8) is 0 Å². The van der Waals surface area contributed by atoms with Gasteiger partial charge in [0.05, 0.1) is 6.20 Å². The average molecular weight is 232 g/mol. The first kappa shape index (κ1) is 9.38. The number of hydrogen-bond acceptors (Lipinski definition) is 3. The zero-order valence-electron chi connectivity index (χ0n) is 6.61. The Bertz CT molecular complexity index is 249. The number of nitrogens with zero attached hydrogens (tertiary/aromatic N) is 3. The van der Waals surface area contributed by atoms with Crippen molar-refractivity contribution in [2.45, 2.75) is 25.8 Å². The van der Waals surface area contributed by atoms with Crippen molar-refractivity contribution in [2.24, 2.45) is 0 Å². The molecular weight excluding hydrogens is 222 g/mol. The predicted octanol–water partition coefficient (Wildman–Crippen LogP) is 1.41. The lowest BCUT2D eigenvalue weighted by Gasteiger charge is -1.99. The number of carbonyl (C=O) groups is 1. The first-order valence-corrected chi connectivity index (χ1v) is 4.61. The summed E-state index contributed by atoms with van der Waals surface area (Å²) in [6.45, 7) is 0.814. The second-order valence-electron chi connectivity index (χ2n) is 2.44. The molecule has 12 heavy (non-hydrogen) atoms. The van der Waals surface area contributed by atoms with Gasteiger partial charge in [0.25, 0.3) is 0 Å². The van der Waals surface area contributed by atoms with Gasteiger partial charge < -0.3 is 4.79 Å². The van der Waals surface area contributed by atoms with Crippen LogP contribution in [0.4, 0.5) is 0 Å². The van der Waals surface area contributed by atoms with Gasteiger partial charge in [0.15, 0.2) is 0 Å². The zero-order valence-corrected chi connectivity index (χ0v) is 8.20. The summed E-state index contributed by atoms with van der Waals surface area (Å²) in [6.07, 6.45) is 5.10. The molecule has 4 nitrogen and oxygen atoms in total.